The van der Waals surface area contributed by atoms with E-state index in [2.05, 4.69) is 20.5 Å². The summed E-state index contributed by atoms with van der Waals surface area (Å²) < 4.78 is 5.23. The Labute approximate surface area is 96.9 Å². The van der Waals surface area contributed by atoms with Crippen LogP contribution in [0.3, 0.4) is 0 Å². The molecule has 0 aliphatic heterocycles. The van der Waals surface area contributed by atoms with Crippen LogP contribution in [0.2, 0.25) is 0 Å². The molecule has 6 heteroatoms. The van der Waals surface area contributed by atoms with Crippen molar-refractivity contribution in [3.63, 3.8) is 0 Å². The maximum Gasteiger partial charge on any atom is 0.315 e. The van der Waals surface area contributed by atoms with Crippen molar-refractivity contribution in [2.45, 2.75) is 32.7 Å². The molecule has 0 radical (unpaired) electrons. The second kappa shape index (κ2) is 3.86. The molecule has 84 valence electrons. The summed E-state index contributed by atoms with van der Waals surface area (Å²) in [6, 6.07) is 0.466. The van der Waals surface area contributed by atoms with E-state index in [1.165, 1.54) is 23.4 Å². The fourth-order valence-corrected chi connectivity index (χ4v) is 2.94. The highest BCUT2D eigenvalue weighted by atomic mass is 32.1. The molecule has 2 aromatic heterocycles. The topological polar surface area (TPSA) is 63.8 Å². The van der Waals surface area contributed by atoms with Crippen LogP contribution < -0.4 is 5.32 Å². The molecule has 0 spiro atoms. The molecule has 1 aliphatic rings. The second-order valence-electron chi connectivity index (χ2n) is 3.81. The van der Waals surface area contributed by atoms with E-state index in [-0.39, 0.29) is 0 Å². The molecule has 0 aromatic carbocycles. The molecule has 0 saturated carbocycles. The molecule has 0 bridgehead atoms. The van der Waals surface area contributed by atoms with Crippen LogP contribution in [-0.4, -0.2) is 15.2 Å². The maximum absolute atomic E-state index is 5.23. The van der Waals surface area contributed by atoms with Crippen LogP contribution in [0.4, 0.5) is 6.01 Å². The fourth-order valence-electron chi connectivity index (χ4n) is 1.84. The van der Waals surface area contributed by atoms with Gasteiger partial charge in [-0.25, -0.2) is 4.98 Å². The molecule has 2 aromatic rings. The van der Waals surface area contributed by atoms with Crippen molar-refractivity contribution in [1.29, 1.82) is 0 Å². The van der Waals surface area contributed by atoms with Crippen molar-refractivity contribution in [1.82, 2.24) is 15.2 Å². The minimum absolute atomic E-state index is 0.466. The molecule has 0 unspecified atom stereocenters. The number of thiazole rings is 1. The normalized spacial score (nSPS) is 14.1. The Morgan fingerprint density at radius 2 is 2.31 bits per heavy atom. The first-order valence-corrected chi connectivity index (χ1v) is 6.14. The number of nitrogens with one attached hydrogen (secondary N) is 1. The lowest BCUT2D eigenvalue weighted by Gasteiger charge is -1.96. The quantitative estimate of drug-likeness (QED) is 0.882. The Bertz CT molecular complexity index is 483. The van der Waals surface area contributed by atoms with Gasteiger partial charge in [-0.3, -0.25) is 0 Å². The third kappa shape index (κ3) is 1.80. The zero-order valence-electron chi connectivity index (χ0n) is 8.99. The van der Waals surface area contributed by atoms with E-state index >= 15 is 0 Å². The smallest absolute Gasteiger partial charge is 0.315 e. The SMILES string of the molecule is Cc1nnc(NCc2nc3c(s2)CCC3)o1. The van der Waals surface area contributed by atoms with Gasteiger partial charge >= 0.3 is 6.01 Å². The van der Waals surface area contributed by atoms with Crippen LogP contribution in [0.5, 0.6) is 0 Å². The van der Waals surface area contributed by atoms with Crippen LogP contribution in [0.25, 0.3) is 0 Å². The average Bonchev–Trinajstić information content (AvgIpc) is 2.89. The lowest BCUT2D eigenvalue weighted by molar-refractivity contribution is 0.530. The monoisotopic (exact) mass is 236 g/mol. The lowest BCUT2D eigenvalue weighted by Crippen LogP contribution is -1.99. The van der Waals surface area contributed by atoms with E-state index < -0.39 is 0 Å². The van der Waals surface area contributed by atoms with E-state index in [0.717, 1.165) is 11.4 Å². The molecule has 5 nitrogen and oxygen atoms in total. The molecule has 2 heterocycles. The number of aryl methyl sites for hydroxylation is 3. The first kappa shape index (κ1) is 9.77. The van der Waals surface area contributed by atoms with E-state index in [1.807, 2.05) is 0 Å². The molecule has 3 rings (SSSR count). The van der Waals surface area contributed by atoms with Crippen LogP contribution in [0.1, 0.15) is 27.9 Å². The summed E-state index contributed by atoms with van der Waals surface area (Å²) in [7, 11) is 0. The van der Waals surface area contributed by atoms with Crippen molar-refractivity contribution < 1.29 is 4.42 Å². The molecular weight excluding hydrogens is 224 g/mol. The zero-order valence-corrected chi connectivity index (χ0v) is 9.80. The number of rotatable bonds is 3. The Morgan fingerprint density at radius 1 is 1.38 bits per heavy atom. The number of hydrogen-bond acceptors (Lipinski definition) is 6. The highest BCUT2D eigenvalue weighted by molar-refractivity contribution is 7.11. The van der Waals surface area contributed by atoms with E-state index in [4.69, 9.17) is 4.42 Å². The Balaban J connectivity index is 1.66. The summed E-state index contributed by atoms with van der Waals surface area (Å²) in [4.78, 5) is 6.02. The van der Waals surface area contributed by atoms with Crippen molar-refractivity contribution in [2.24, 2.45) is 0 Å². The van der Waals surface area contributed by atoms with Gasteiger partial charge in [0.15, 0.2) is 0 Å². The molecule has 1 N–H and O–H groups in total. The van der Waals surface area contributed by atoms with Gasteiger partial charge in [-0.15, -0.1) is 16.4 Å². The fraction of sp³-hybridized carbons (Fsp3) is 0.500. The van der Waals surface area contributed by atoms with Crippen molar-refractivity contribution >= 4 is 17.4 Å². The summed E-state index contributed by atoms with van der Waals surface area (Å²) in [5.74, 6) is 0.573. The van der Waals surface area contributed by atoms with Gasteiger partial charge in [0.05, 0.1) is 12.2 Å². The third-order valence-corrected chi connectivity index (χ3v) is 3.71. The van der Waals surface area contributed by atoms with Crippen LogP contribution in [0, 0.1) is 6.92 Å². The van der Waals surface area contributed by atoms with Crippen molar-refractivity contribution in [3.8, 4) is 0 Å². The Morgan fingerprint density at radius 3 is 3.06 bits per heavy atom. The van der Waals surface area contributed by atoms with Crippen LogP contribution >= 0.6 is 11.3 Å². The lowest BCUT2D eigenvalue weighted by atomic mass is 10.4. The molecule has 1 aliphatic carbocycles. The number of fused-ring (bicyclic) bond motifs is 1. The second-order valence-corrected chi connectivity index (χ2v) is 4.98. The van der Waals surface area contributed by atoms with Gasteiger partial charge in [0.1, 0.15) is 5.01 Å². The van der Waals surface area contributed by atoms with Gasteiger partial charge in [0.2, 0.25) is 5.89 Å². The average molecular weight is 236 g/mol. The van der Waals surface area contributed by atoms with E-state index in [1.54, 1.807) is 18.3 Å². The van der Waals surface area contributed by atoms with Crippen LogP contribution in [-0.2, 0) is 19.4 Å². The predicted molar refractivity (Wildman–Crippen MR) is 60.5 cm³/mol. The molecule has 0 amide bonds. The number of nitrogens with zero attached hydrogens (tertiary/aromatic N) is 3. The molecule has 0 saturated heterocycles. The van der Waals surface area contributed by atoms with Gasteiger partial charge in [-0.05, 0) is 19.3 Å². The molecule has 0 atom stereocenters. The number of hydrogen-bond donors (Lipinski definition) is 1. The summed E-state index contributed by atoms with van der Waals surface area (Å²) in [6.07, 6.45) is 3.57. The zero-order chi connectivity index (χ0) is 11.0. The van der Waals surface area contributed by atoms with Gasteiger partial charge in [-0.1, -0.05) is 5.10 Å². The van der Waals surface area contributed by atoms with Crippen molar-refractivity contribution in [3.05, 3.63) is 21.5 Å². The minimum atomic E-state index is 0.466. The van der Waals surface area contributed by atoms with Gasteiger partial charge in [0.25, 0.3) is 0 Å². The Kier molecular flexibility index (Phi) is 2.36. The summed E-state index contributed by atoms with van der Waals surface area (Å²) in [5, 5.41) is 11.8. The van der Waals surface area contributed by atoms with Crippen LogP contribution in [0.15, 0.2) is 4.42 Å². The molecular formula is C10H12N4OS. The predicted octanol–water partition coefficient (Wildman–Crippen LogP) is 1.94. The van der Waals surface area contributed by atoms with E-state index in [0.29, 0.717) is 18.5 Å². The Hall–Kier alpha value is -1.43. The number of anilines is 1. The van der Waals surface area contributed by atoms with Gasteiger partial charge < -0.3 is 9.73 Å². The largest absolute Gasteiger partial charge is 0.408 e. The summed E-state index contributed by atoms with van der Waals surface area (Å²) >= 11 is 1.78. The van der Waals surface area contributed by atoms with Gasteiger partial charge in [0, 0.05) is 11.8 Å². The third-order valence-electron chi connectivity index (χ3n) is 2.56. The highest BCUT2D eigenvalue weighted by Gasteiger charge is 2.16. The summed E-state index contributed by atoms with van der Waals surface area (Å²) in [5.41, 5.74) is 1.28. The number of aromatic nitrogens is 3. The highest BCUT2D eigenvalue weighted by Crippen LogP contribution is 2.27. The first-order chi connectivity index (χ1) is 7.81. The van der Waals surface area contributed by atoms with Gasteiger partial charge in [-0.2, -0.15) is 0 Å². The van der Waals surface area contributed by atoms with E-state index in [9.17, 15) is 0 Å². The van der Waals surface area contributed by atoms with Crippen molar-refractivity contribution in [2.75, 3.05) is 5.32 Å². The molecule has 0 fully saturated rings. The first-order valence-electron chi connectivity index (χ1n) is 5.33. The minimum Gasteiger partial charge on any atom is -0.408 e. The molecule has 16 heavy (non-hydrogen) atoms. The summed E-state index contributed by atoms with van der Waals surface area (Å²) in [6.45, 7) is 2.44. The standard InChI is InChI=1S/C10H12N4OS/c1-6-13-14-10(15-6)11-5-9-12-7-3-2-4-8(7)16-9/h2-5H2,1H3,(H,11,14). The maximum atomic E-state index is 5.23.